The van der Waals surface area contributed by atoms with Crippen LogP contribution in [0.5, 0.6) is 23.0 Å². The molecule has 0 amide bonds. The molecule has 2 aliphatic rings. The third-order valence-corrected chi connectivity index (χ3v) is 10.4. The lowest BCUT2D eigenvalue weighted by atomic mass is 9.82. The number of pyridine rings is 1. The van der Waals surface area contributed by atoms with Gasteiger partial charge in [0.25, 0.3) is 0 Å². The van der Waals surface area contributed by atoms with Crippen LogP contribution in [0.2, 0.25) is 0 Å². The van der Waals surface area contributed by atoms with Gasteiger partial charge in [0.1, 0.15) is 0 Å². The van der Waals surface area contributed by atoms with Crippen LogP contribution in [0.15, 0.2) is 164 Å². The Hall–Kier alpha value is -6.85. The summed E-state index contributed by atoms with van der Waals surface area (Å²) in [5, 5.41) is 0. The van der Waals surface area contributed by atoms with Crippen molar-refractivity contribution in [3.05, 3.63) is 175 Å². The molecule has 0 N–H and O–H groups in total. The van der Waals surface area contributed by atoms with Gasteiger partial charge < -0.3 is 9.47 Å². The third-order valence-electron chi connectivity index (χ3n) is 10.4. The van der Waals surface area contributed by atoms with Gasteiger partial charge in [0.2, 0.25) is 0 Å². The molecule has 0 spiro atoms. The van der Waals surface area contributed by atoms with Crippen LogP contribution < -0.4 is 9.47 Å². The van der Waals surface area contributed by atoms with Gasteiger partial charge in [-0.3, -0.25) is 4.98 Å². The van der Waals surface area contributed by atoms with E-state index in [1.54, 1.807) is 0 Å². The first-order chi connectivity index (χ1) is 26.0. The Bertz CT molecular complexity index is 2700. The van der Waals surface area contributed by atoms with Crippen molar-refractivity contribution in [2.45, 2.75) is 19.3 Å². The maximum Gasteiger partial charge on any atom is 0.178 e. The highest BCUT2D eigenvalue weighted by atomic mass is 16.6. The third kappa shape index (κ3) is 5.28. The van der Waals surface area contributed by atoms with Crippen molar-refractivity contribution in [3.8, 4) is 90.4 Å². The molecule has 0 bridgehead atoms. The van der Waals surface area contributed by atoms with Crippen LogP contribution in [0.3, 0.4) is 0 Å². The Morgan fingerprint density at radius 1 is 0.434 bits per heavy atom. The lowest BCUT2D eigenvalue weighted by Crippen LogP contribution is -2.15. The molecule has 53 heavy (non-hydrogen) atoms. The molecule has 10 rings (SSSR count). The van der Waals surface area contributed by atoms with Crippen LogP contribution in [0.25, 0.3) is 67.4 Å². The van der Waals surface area contributed by atoms with Gasteiger partial charge in [0, 0.05) is 39.4 Å². The van der Waals surface area contributed by atoms with E-state index in [1.807, 2.05) is 60.8 Å². The van der Waals surface area contributed by atoms with Crippen molar-refractivity contribution >= 4 is 0 Å². The number of aromatic nitrogens is 3. The molecule has 2 aromatic heterocycles. The smallest absolute Gasteiger partial charge is 0.178 e. The van der Waals surface area contributed by atoms with Crippen molar-refractivity contribution in [1.82, 2.24) is 15.0 Å². The summed E-state index contributed by atoms with van der Waals surface area (Å²) in [4.78, 5) is 14.8. The predicted octanol–water partition coefficient (Wildman–Crippen LogP) is 12.4. The summed E-state index contributed by atoms with van der Waals surface area (Å²) < 4.78 is 13.2. The van der Waals surface area contributed by atoms with Gasteiger partial charge in [-0.1, -0.05) is 123 Å². The molecule has 0 unspecified atom stereocenters. The maximum atomic E-state index is 6.66. The molecule has 3 heterocycles. The largest absolute Gasteiger partial charge is 0.449 e. The van der Waals surface area contributed by atoms with Crippen LogP contribution in [0.4, 0.5) is 0 Å². The zero-order valence-electron chi connectivity index (χ0n) is 29.2. The second-order valence-electron chi connectivity index (χ2n) is 14.1. The number of nitrogens with zero attached hydrogens (tertiary/aromatic N) is 3. The van der Waals surface area contributed by atoms with E-state index in [9.17, 15) is 0 Å². The zero-order chi connectivity index (χ0) is 35.5. The Balaban J connectivity index is 1.02. The fraction of sp³-hybridized carbons (Fsp3) is 0.0625. The van der Waals surface area contributed by atoms with Crippen LogP contribution in [0, 0.1) is 0 Å². The number of hydrogen-bond donors (Lipinski definition) is 0. The monoisotopic (exact) mass is 683 g/mol. The highest BCUT2D eigenvalue weighted by Gasteiger charge is 2.39. The van der Waals surface area contributed by atoms with E-state index in [1.165, 1.54) is 16.7 Å². The van der Waals surface area contributed by atoms with Crippen molar-refractivity contribution in [3.63, 3.8) is 0 Å². The van der Waals surface area contributed by atoms with E-state index in [4.69, 9.17) is 19.4 Å². The van der Waals surface area contributed by atoms with Gasteiger partial charge in [-0.15, -0.1) is 0 Å². The van der Waals surface area contributed by atoms with Gasteiger partial charge in [0.05, 0.1) is 17.1 Å². The summed E-state index contributed by atoms with van der Waals surface area (Å²) in [5.74, 6) is 3.55. The average Bonchev–Trinajstić information content (AvgIpc) is 3.46. The molecule has 0 atom stereocenters. The van der Waals surface area contributed by atoms with Crippen molar-refractivity contribution < 1.29 is 9.47 Å². The highest BCUT2D eigenvalue weighted by molar-refractivity contribution is 5.88. The van der Waals surface area contributed by atoms with Crippen LogP contribution in [-0.2, 0) is 5.41 Å². The molecule has 252 valence electrons. The van der Waals surface area contributed by atoms with Crippen molar-refractivity contribution in [1.29, 1.82) is 0 Å². The summed E-state index contributed by atoms with van der Waals surface area (Å²) in [7, 11) is 0. The first-order valence-corrected chi connectivity index (χ1v) is 17.8. The molecule has 0 saturated carbocycles. The van der Waals surface area contributed by atoms with Gasteiger partial charge in [-0.25, -0.2) is 9.97 Å². The fourth-order valence-electron chi connectivity index (χ4n) is 7.70. The maximum absolute atomic E-state index is 6.66. The predicted molar refractivity (Wildman–Crippen MR) is 211 cm³/mol. The minimum atomic E-state index is -0.116. The molecular weight excluding hydrogens is 651 g/mol. The SMILES string of the molecule is CC1(C)c2ccccc2-c2c1ccc1c2Oc2ccc(-c3cccc(-c4cc(-c5ccccc5)nc(-c5cccc(-c6ccccn6)c5)n4)c3)cc2O1. The summed E-state index contributed by atoms with van der Waals surface area (Å²) in [6.45, 7) is 4.54. The quantitative estimate of drug-likeness (QED) is 0.181. The van der Waals surface area contributed by atoms with Gasteiger partial charge in [-0.2, -0.15) is 0 Å². The van der Waals surface area contributed by atoms with Crippen molar-refractivity contribution in [2.24, 2.45) is 0 Å². The van der Waals surface area contributed by atoms with Crippen molar-refractivity contribution in [2.75, 3.05) is 0 Å². The van der Waals surface area contributed by atoms with E-state index in [0.29, 0.717) is 17.3 Å². The lowest BCUT2D eigenvalue weighted by molar-refractivity contribution is 0.360. The zero-order valence-corrected chi connectivity index (χ0v) is 29.2. The number of rotatable bonds is 5. The molecule has 8 aromatic rings. The number of fused-ring (bicyclic) bond motifs is 6. The van der Waals surface area contributed by atoms with Crippen LogP contribution in [-0.4, -0.2) is 15.0 Å². The standard InChI is InChI=1S/C48H33N3O2/c1-48(2)37-19-7-6-18-36(37)45-38(48)22-24-43-46(45)53-42-23-21-32(28-44(42)52-43)31-14-10-16-34(26-31)41-29-40(30-12-4-3-5-13-30)50-47(51-41)35-17-11-15-33(27-35)39-20-8-9-25-49-39/h3-29H,1-2H3. The summed E-state index contributed by atoms with van der Waals surface area (Å²) in [5.41, 5.74) is 13.4. The number of benzene rings is 6. The molecule has 5 heteroatoms. The molecule has 0 saturated heterocycles. The molecular formula is C48H33N3O2. The molecule has 1 aliphatic heterocycles. The molecule has 1 aliphatic carbocycles. The average molecular weight is 684 g/mol. The summed E-state index contributed by atoms with van der Waals surface area (Å²) in [6.07, 6.45) is 1.81. The van der Waals surface area contributed by atoms with Gasteiger partial charge >= 0.3 is 0 Å². The van der Waals surface area contributed by atoms with E-state index < -0.39 is 0 Å². The molecule has 5 nitrogen and oxygen atoms in total. The molecule has 6 aromatic carbocycles. The molecule has 0 fully saturated rings. The van der Waals surface area contributed by atoms with E-state index in [0.717, 1.165) is 67.5 Å². The first kappa shape index (κ1) is 30.9. The Kier molecular flexibility index (Phi) is 7.08. The number of hydrogen-bond acceptors (Lipinski definition) is 5. The second-order valence-corrected chi connectivity index (χ2v) is 14.1. The Labute approximate surface area is 308 Å². The van der Waals surface area contributed by atoms with Gasteiger partial charge in [-0.05, 0) is 76.3 Å². The second kappa shape index (κ2) is 12.1. The van der Waals surface area contributed by atoms with E-state index in [-0.39, 0.29) is 5.41 Å². The topological polar surface area (TPSA) is 57.1 Å². The Morgan fingerprint density at radius 3 is 1.92 bits per heavy atom. The summed E-state index contributed by atoms with van der Waals surface area (Å²) >= 11 is 0. The Morgan fingerprint density at radius 2 is 1.09 bits per heavy atom. The van der Waals surface area contributed by atoms with E-state index >= 15 is 0 Å². The minimum absolute atomic E-state index is 0.116. The number of ether oxygens (including phenoxy) is 2. The molecule has 0 radical (unpaired) electrons. The first-order valence-electron chi connectivity index (χ1n) is 17.8. The van der Waals surface area contributed by atoms with Crippen LogP contribution >= 0.6 is 0 Å². The van der Waals surface area contributed by atoms with Crippen LogP contribution in [0.1, 0.15) is 25.0 Å². The fourth-order valence-corrected chi connectivity index (χ4v) is 7.70. The van der Waals surface area contributed by atoms with E-state index in [2.05, 4.69) is 122 Å². The van der Waals surface area contributed by atoms with Gasteiger partial charge in [0.15, 0.2) is 28.8 Å². The minimum Gasteiger partial charge on any atom is -0.449 e. The normalized spacial score (nSPS) is 13.2. The lowest BCUT2D eigenvalue weighted by Gasteiger charge is -2.25. The summed E-state index contributed by atoms with van der Waals surface area (Å²) in [6, 6.07) is 54.0. The highest BCUT2D eigenvalue weighted by Crippen LogP contribution is 2.58.